The lowest BCUT2D eigenvalue weighted by Gasteiger charge is -2.16. The number of esters is 1. The number of methoxy groups -OCH3 is 1. The molecule has 164 valence electrons. The fraction of sp³-hybridized carbons (Fsp3) is 0.360. The number of nitrogens with zero attached hydrogens (tertiary/aromatic N) is 1. The number of oxazole rings is 1. The van der Waals surface area contributed by atoms with Crippen molar-refractivity contribution >= 4 is 5.97 Å². The summed E-state index contributed by atoms with van der Waals surface area (Å²) in [5.41, 5.74) is 4.88. The monoisotopic (exact) mass is 423 g/mol. The van der Waals surface area contributed by atoms with Crippen LogP contribution in [0.25, 0.3) is 11.5 Å². The Kier molecular flexibility index (Phi) is 7.47. The zero-order valence-electron chi connectivity index (χ0n) is 18.7. The maximum Gasteiger partial charge on any atom is 0.335 e. The summed E-state index contributed by atoms with van der Waals surface area (Å²) in [5, 5.41) is 0. The van der Waals surface area contributed by atoms with Crippen molar-refractivity contribution in [1.82, 2.24) is 4.98 Å². The molecule has 0 unspecified atom stereocenters. The summed E-state index contributed by atoms with van der Waals surface area (Å²) < 4.78 is 22.2. The van der Waals surface area contributed by atoms with E-state index in [0.29, 0.717) is 25.5 Å². The lowest BCUT2D eigenvalue weighted by molar-refractivity contribution is -0.153. The minimum Gasteiger partial charge on any atom is -0.487 e. The second kappa shape index (κ2) is 10.3. The molecule has 1 heterocycles. The third-order valence-corrected chi connectivity index (χ3v) is 5.19. The molecule has 0 N–H and O–H groups in total. The van der Waals surface area contributed by atoms with Crippen molar-refractivity contribution in [2.45, 2.75) is 46.8 Å². The van der Waals surface area contributed by atoms with Crippen LogP contribution in [0.4, 0.5) is 0 Å². The van der Waals surface area contributed by atoms with E-state index in [1.807, 2.05) is 70.2 Å². The summed E-state index contributed by atoms with van der Waals surface area (Å²) in [4.78, 5) is 16.5. The lowest BCUT2D eigenvalue weighted by Crippen LogP contribution is -2.28. The van der Waals surface area contributed by atoms with Gasteiger partial charge in [-0.3, -0.25) is 0 Å². The van der Waals surface area contributed by atoms with Crippen LogP contribution < -0.4 is 4.74 Å². The summed E-state index contributed by atoms with van der Waals surface area (Å²) in [6.45, 7) is 8.52. The minimum atomic E-state index is -0.613. The molecule has 2 aromatic carbocycles. The van der Waals surface area contributed by atoms with Gasteiger partial charge in [-0.1, -0.05) is 24.3 Å². The van der Waals surface area contributed by atoms with Crippen LogP contribution in [0.3, 0.4) is 0 Å². The number of hydrogen-bond donors (Lipinski definition) is 0. The highest BCUT2D eigenvalue weighted by atomic mass is 16.6. The minimum absolute atomic E-state index is 0.309. The molecular formula is C25H29NO5. The van der Waals surface area contributed by atoms with Crippen LogP contribution in [0.15, 0.2) is 46.9 Å². The van der Waals surface area contributed by atoms with Gasteiger partial charge < -0.3 is 18.6 Å². The van der Waals surface area contributed by atoms with Crippen LogP contribution in [0.2, 0.25) is 0 Å². The van der Waals surface area contributed by atoms with E-state index in [1.165, 1.54) is 7.11 Å². The summed E-state index contributed by atoms with van der Waals surface area (Å²) in [6, 6.07) is 13.8. The van der Waals surface area contributed by atoms with Crippen molar-refractivity contribution in [3.8, 4) is 17.2 Å². The molecule has 0 spiro atoms. The van der Waals surface area contributed by atoms with Gasteiger partial charge in [0.1, 0.15) is 23.8 Å². The standard InChI is InChI=1S/C25H29NO5/c1-6-29-23(25(27)28-5)14-19-11-12-20(13-17(19)3)30-15-22-18(4)31-24(26-22)21-10-8-7-9-16(21)2/h7-13,23H,6,14-15H2,1-5H3/t23-/m0/s1. The zero-order chi connectivity index (χ0) is 22.4. The van der Waals surface area contributed by atoms with Crippen LogP contribution in [0.5, 0.6) is 5.75 Å². The first kappa shape index (κ1) is 22.6. The molecule has 0 radical (unpaired) electrons. The van der Waals surface area contributed by atoms with Crippen molar-refractivity contribution < 1.29 is 23.4 Å². The number of carbonyl (C=O) groups is 1. The molecule has 3 aromatic rings. The van der Waals surface area contributed by atoms with E-state index in [0.717, 1.165) is 39.5 Å². The highest BCUT2D eigenvalue weighted by molar-refractivity contribution is 5.75. The van der Waals surface area contributed by atoms with Gasteiger partial charge in [-0.15, -0.1) is 0 Å². The number of aromatic nitrogens is 1. The number of benzene rings is 2. The Morgan fingerprint density at radius 2 is 1.87 bits per heavy atom. The highest BCUT2D eigenvalue weighted by Gasteiger charge is 2.21. The largest absolute Gasteiger partial charge is 0.487 e. The molecule has 3 rings (SSSR count). The Morgan fingerprint density at radius 1 is 1.10 bits per heavy atom. The van der Waals surface area contributed by atoms with Crippen molar-refractivity contribution in [3.63, 3.8) is 0 Å². The molecule has 0 saturated carbocycles. The molecule has 0 bridgehead atoms. The molecule has 31 heavy (non-hydrogen) atoms. The maximum atomic E-state index is 11.9. The number of ether oxygens (including phenoxy) is 3. The van der Waals surface area contributed by atoms with Crippen molar-refractivity contribution in [2.24, 2.45) is 0 Å². The van der Waals surface area contributed by atoms with Crippen LogP contribution in [-0.4, -0.2) is 30.8 Å². The van der Waals surface area contributed by atoms with Crippen LogP contribution in [0.1, 0.15) is 35.1 Å². The Morgan fingerprint density at radius 3 is 2.55 bits per heavy atom. The number of hydrogen-bond acceptors (Lipinski definition) is 6. The van der Waals surface area contributed by atoms with Gasteiger partial charge in [0.15, 0.2) is 6.10 Å². The first-order valence-corrected chi connectivity index (χ1v) is 10.4. The maximum absolute atomic E-state index is 11.9. The first-order valence-electron chi connectivity index (χ1n) is 10.4. The molecular weight excluding hydrogens is 394 g/mol. The van der Waals surface area contributed by atoms with E-state index in [4.69, 9.17) is 18.6 Å². The number of rotatable bonds is 9. The van der Waals surface area contributed by atoms with Gasteiger partial charge in [0.2, 0.25) is 5.89 Å². The van der Waals surface area contributed by atoms with E-state index >= 15 is 0 Å². The summed E-state index contributed by atoms with van der Waals surface area (Å²) >= 11 is 0. The summed E-state index contributed by atoms with van der Waals surface area (Å²) in [5.74, 6) is 1.70. The molecule has 1 aromatic heterocycles. The second-order valence-electron chi connectivity index (χ2n) is 7.39. The molecule has 0 saturated heterocycles. The number of carbonyl (C=O) groups excluding carboxylic acids is 1. The van der Waals surface area contributed by atoms with Gasteiger partial charge in [0.05, 0.1) is 7.11 Å². The van der Waals surface area contributed by atoms with Crippen molar-refractivity contribution in [2.75, 3.05) is 13.7 Å². The second-order valence-corrected chi connectivity index (χ2v) is 7.39. The normalized spacial score (nSPS) is 11.9. The predicted octanol–water partition coefficient (Wildman–Crippen LogP) is 4.97. The molecule has 0 aliphatic heterocycles. The lowest BCUT2D eigenvalue weighted by atomic mass is 10.0. The SMILES string of the molecule is CCO[C@@H](Cc1ccc(OCc2nc(-c3ccccc3C)oc2C)cc1C)C(=O)OC. The van der Waals surface area contributed by atoms with Crippen LogP contribution in [0, 0.1) is 20.8 Å². The Hall–Kier alpha value is -3.12. The van der Waals surface area contributed by atoms with Crippen molar-refractivity contribution in [1.29, 1.82) is 0 Å². The Bertz CT molecular complexity index is 1040. The highest BCUT2D eigenvalue weighted by Crippen LogP contribution is 2.26. The third-order valence-electron chi connectivity index (χ3n) is 5.19. The quantitative estimate of drug-likeness (QED) is 0.453. The molecule has 6 heteroatoms. The zero-order valence-corrected chi connectivity index (χ0v) is 18.7. The van der Waals surface area contributed by atoms with Crippen LogP contribution >= 0.6 is 0 Å². The van der Waals surface area contributed by atoms with E-state index < -0.39 is 6.10 Å². The van der Waals surface area contributed by atoms with E-state index in [1.54, 1.807) is 0 Å². The van der Waals surface area contributed by atoms with Crippen LogP contribution in [-0.2, 0) is 27.3 Å². The van der Waals surface area contributed by atoms with Gasteiger partial charge in [-0.2, -0.15) is 0 Å². The number of aryl methyl sites for hydroxylation is 3. The summed E-state index contributed by atoms with van der Waals surface area (Å²) in [6.07, 6.45) is -0.160. The average Bonchev–Trinajstić information content (AvgIpc) is 3.13. The smallest absolute Gasteiger partial charge is 0.335 e. The predicted molar refractivity (Wildman–Crippen MR) is 118 cm³/mol. The molecule has 0 amide bonds. The summed E-state index contributed by atoms with van der Waals surface area (Å²) in [7, 11) is 1.37. The van der Waals surface area contributed by atoms with E-state index in [2.05, 4.69) is 4.98 Å². The Balaban J connectivity index is 1.68. The fourth-order valence-corrected chi connectivity index (χ4v) is 3.37. The van der Waals surface area contributed by atoms with Gasteiger partial charge in [-0.25, -0.2) is 9.78 Å². The average molecular weight is 424 g/mol. The third kappa shape index (κ3) is 5.52. The van der Waals surface area contributed by atoms with Gasteiger partial charge in [0, 0.05) is 18.6 Å². The first-order chi connectivity index (χ1) is 14.9. The molecule has 0 aliphatic carbocycles. The molecule has 1 atom stereocenters. The van der Waals surface area contributed by atoms with E-state index in [-0.39, 0.29) is 5.97 Å². The Labute approximate surface area is 183 Å². The van der Waals surface area contributed by atoms with Crippen molar-refractivity contribution in [3.05, 3.63) is 70.6 Å². The fourth-order valence-electron chi connectivity index (χ4n) is 3.37. The molecule has 0 fully saturated rings. The van der Waals surface area contributed by atoms with Gasteiger partial charge >= 0.3 is 5.97 Å². The van der Waals surface area contributed by atoms with Gasteiger partial charge in [-0.05, 0) is 62.6 Å². The molecule has 0 aliphatic rings. The van der Waals surface area contributed by atoms with Gasteiger partial charge in [0.25, 0.3) is 0 Å². The topological polar surface area (TPSA) is 70.8 Å². The van der Waals surface area contributed by atoms with E-state index in [9.17, 15) is 4.79 Å². The molecule has 6 nitrogen and oxygen atoms in total.